The summed E-state index contributed by atoms with van der Waals surface area (Å²) in [6, 6.07) is 11.8. The number of piperazine rings is 1. The number of nitrogens with zero attached hydrogens (tertiary/aromatic N) is 4. The molecule has 1 fully saturated rings. The van der Waals surface area contributed by atoms with Gasteiger partial charge in [0.15, 0.2) is 0 Å². The highest BCUT2D eigenvalue weighted by atomic mass is 16.2. The smallest absolute Gasteiger partial charge is 0.321 e. The van der Waals surface area contributed by atoms with Gasteiger partial charge in [-0.3, -0.25) is 9.69 Å². The molecule has 8 nitrogen and oxygen atoms in total. The number of nitrogens with one attached hydrogen (secondary N) is 2. The lowest BCUT2D eigenvalue weighted by Gasteiger charge is -2.34. The summed E-state index contributed by atoms with van der Waals surface area (Å²) in [6.07, 6.45) is 0. The molecule has 0 unspecified atom stereocenters. The molecule has 2 N–H and O–H groups in total. The second-order valence-electron chi connectivity index (χ2n) is 9.49. The van der Waals surface area contributed by atoms with Crippen molar-refractivity contribution in [1.29, 1.82) is 0 Å². The lowest BCUT2D eigenvalue weighted by molar-refractivity contribution is 0.0943. The van der Waals surface area contributed by atoms with E-state index in [0.717, 1.165) is 46.8 Å². The zero-order chi connectivity index (χ0) is 24.4. The molecule has 34 heavy (non-hydrogen) atoms. The van der Waals surface area contributed by atoms with E-state index in [1.54, 1.807) is 0 Å². The van der Waals surface area contributed by atoms with E-state index < -0.39 is 0 Å². The maximum atomic E-state index is 12.7. The first-order chi connectivity index (χ1) is 16.2. The number of urea groups is 1. The van der Waals surface area contributed by atoms with Crippen molar-refractivity contribution >= 4 is 28.7 Å². The number of benzene rings is 2. The van der Waals surface area contributed by atoms with Crippen LogP contribution in [0.5, 0.6) is 0 Å². The van der Waals surface area contributed by atoms with Crippen molar-refractivity contribution in [1.82, 2.24) is 24.7 Å². The second kappa shape index (κ2) is 9.85. The average molecular weight is 463 g/mol. The number of carbonyl (C=O) groups is 2. The van der Waals surface area contributed by atoms with Crippen LogP contribution in [0, 0.1) is 13.8 Å². The van der Waals surface area contributed by atoms with Gasteiger partial charge in [-0.05, 0) is 69.2 Å². The fraction of sp³-hybridized carbons (Fsp3) is 0.423. The first-order valence-corrected chi connectivity index (χ1v) is 11.8. The van der Waals surface area contributed by atoms with E-state index in [0.29, 0.717) is 25.2 Å². The number of carbonyl (C=O) groups excluding carboxylic acids is 2. The standard InChI is InChI=1S/C26H34N6O2/c1-17(2)27-25(33)20-6-7-23-22(15-20)29-24(30(23)5)16-31-8-10-32(11-9-31)26(34)28-21-13-18(3)12-19(4)14-21/h6-7,12-15,17H,8-11,16H2,1-5H3,(H,27,33)(H,28,34). The number of aryl methyl sites for hydroxylation is 3. The molecule has 3 amide bonds. The van der Waals surface area contributed by atoms with Gasteiger partial charge in [0.25, 0.3) is 5.91 Å². The molecule has 180 valence electrons. The summed E-state index contributed by atoms with van der Waals surface area (Å²) in [7, 11) is 2.01. The summed E-state index contributed by atoms with van der Waals surface area (Å²) in [5.74, 6) is 0.865. The van der Waals surface area contributed by atoms with Crippen molar-refractivity contribution in [2.45, 2.75) is 40.3 Å². The van der Waals surface area contributed by atoms with Crippen LogP contribution < -0.4 is 10.6 Å². The van der Waals surface area contributed by atoms with E-state index in [1.165, 1.54) is 0 Å². The number of imidazole rings is 1. The van der Waals surface area contributed by atoms with Crippen molar-refractivity contribution in [3.05, 3.63) is 58.9 Å². The highest BCUT2D eigenvalue weighted by Crippen LogP contribution is 2.19. The van der Waals surface area contributed by atoms with Gasteiger partial charge >= 0.3 is 6.03 Å². The predicted molar refractivity (Wildman–Crippen MR) is 135 cm³/mol. The Morgan fingerprint density at radius 3 is 2.32 bits per heavy atom. The monoisotopic (exact) mass is 462 g/mol. The van der Waals surface area contributed by atoms with Crippen molar-refractivity contribution in [2.75, 3.05) is 31.5 Å². The summed E-state index contributed by atoms with van der Waals surface area (Å²) in [6.45, 7) is 11.6. The van der Waals surface area contributed by atoms with Crippen LogP contribution in [0.15, 0.2) is 36.4 Å². The van der Waals surface area contributed by atoms with Crippen LogP contribution in [0.4, 0.5) is 10.5 Å². The van der Waals surface area contributed by atoms with E-state index in [1.807, 2.05) is 70.0 Å². The highest BCUT2D eigenvalue weighted by Gasteiger charge is 2.23. The number of hydrogen-bond acceptors (Lipinski definition) is 4. The minimum absolute atomic E-state index is 0.0559. The molecule has 0 aliphatic carbocycles. The maximum Gasteiger partial charge on any atom is 0.321 e. The molecule has 0 bridgehead atoms. The zero-order valence-corrected chi connectivity index (χ0v) is 20.7. The van der Waals surface area contributed by atoms with E-state index in [-0.39, 0.29) is 18.0 Å². The third kappa shape index (κ3) is 5.39. The summed E-state index contributed by atoms with van der Waals surface area (Å²) in [5, 5.41) is 5.96. The molecule has 0 saturated carbocycles. The molecule has 0 spiro atoms. The topological polar surface area (TPSA) is 82.5 Å². The fourth-order valence-corrected chi connectivity index (χ4v) is 4.44. The quantitative estimate of drug-likeness (QED) is 0.606. The minimum atomic E-state index is -0.0840. The van der Waals surface area contributed by atoms with Gasteiger partial charge in [0.05, 0.1) is 17.6 Å². The Labute approximate surface area is 200 Å². The van der Waals surface area contributed by atoms with E-state index >= 15 is 0 Å². The molecule has 0 radical (unpaired) electrons. The van der Waals surface area contributed by atoms with Gasteiger partial charge < -0.3 is 20.1 Å². The van der Waals surface area contributed by atoms with Crippen LogP contribution in [0.3, 0.4) is 0 Å². The molecule has 2 aromatic carbocycles. The lowest BCUT2D eigenvalue weighted by atomic mass is 10.1. The Balaban J connectivity index is 1.37. The first kappa shape index (κ1) is 23.8. The molecule has 2 heterocycles. The number of hydrogen-bond donors (Lipinski definition) is 2. The second-order valence-corrected chi connectivity index (χ2v) is 9.49. The molecule has 8 heteroatoms. The van der Waals surface area contributed by atoms with Crippen LogP contribution in [0.1, 0.15) is 41.2 Å². The predicted octanol–water partition coefficient (Wildman–Crippen LogP) is 3.68. The lowest BCUT2D eigenvalue weighted by Crippen LogP contribution is -2.49. The van der Waals surface area contributed by atoms with Gasteiger partial charge in [0, 0.05) is 50.5 Å². The van der Waals surface area contributed by atoms with Crippen LogP contribution in [-0.4, -0.2) is 63.5 Å². The van der Waals surface area contributed by atoms with Crippen molar-refractivity contribution in [3.8, 4) is 0 Å². The van der Waals surface area contributed by atoms with Crippen LogP contribution >= 0.6 is 0 Å². The molecule has 3 aromatic rings. The van der Waals surface area contributed by atoms with Gasteiger partial charge in [-0.1, -0.05) is 6.07 Å². The molecular formula is C26H34N6O2. The Bertz CT molecular complexity index is 1190. The van der Waals surface area contributed by atoms with E-state index in [2.05, 4.69) is 26.2 Å². The van der Waals surface area contributed by atoms with Crippen molar-refractivity contribution in [2.24, 2.45) is 7.05 Å². The molecule has 1 aromatic heterocycles. The van der Waals surface area contributed by atoms with Gasteiger partial charge in [-0.15, -0.1) is 0 Å². The number of anilines is 1. The third-order valence-electron chi connectivity index (χ3n) is 6.15. The van der Waals surface area contributed by atoms with Gasteiger partial charge in [0.2, 0.25) is 0 Å². The van der Waals surface area contributed by atoms with Crippen molar-refractivity contribution < 1.29 is 9.59 Å². The molecular weight excluding hydrogens is 428 g/mol. The molecule has 0 atom stereocenters. The van der Waals surface area contributed by atoms with Crippen LogP contribution in [0.2, 0.25) is 0 Å². The summed E-state index contributed by atoms with van der Waals surface area (Å²) >= 11 is 0. The normalized spacial score (nSPS) is 14.6. The third-order valence-corrected chi connectivity index (χ3v) is 6.15. The van der Waals surface area contributed by atoms with Gasteiger partial charge in [0.1, 0.15) is 5.82 Å². The zero-order valence-electron chi connectivity index (χ0n) is 20.7. The van der Waals surface area contributed by atoms with Crippen molar-refractivity contribution in [3.63, 3.8) is 0 Å². The van der Waals surface area contributed by atoms with E-state index in [9.17, 15) is 9.59 Å². The fourth-order valence-electron chi connectivity index (χ4n) is 4.44. The minimum Gasteiger partial charge on any atom is -0.350 e. The number of rotatable bonds is 5. The number of amides is 3. The van der Waals surface area contributed by atoms with Crippen LogP contribution in [0.25, 0.3) is 11.0 Å². The molecule has 1 aliphatic rings. The number of aromatic nitrogens is 2. The van der Waals surface area contributed by atoms with Gasteiger partial charge in [-0.2, -0.15) is 0 Å². The van der Waals surface area contributed by atoms with Crippen LogP contribution in [-0.2, 0) is 13.6 Å². The Kier molecular flexibility index (Phi) is 6.88. The van der Waals surface area contributed by atoms with Gasteiger partial charge in [-0.25, -0.2) is 9.78 Å². The Morgan fingerprint density at radius 2 is 1.68 bits per heavy atom. The highest BCUT2D eigenvalue weighted by molar-refractivity contribution is 5.97. The summed E-state index contributed by atoms with van der Waals surface area (Å²) < 4.78 is 2.08. The largest absolute Gasteiger partial charge is 0.350 e. The maximum absolute atomic E-state index is 12.7. The number of fused-ring (bicyclic) bond motifs is 1. The average Bonchev–Trinajstić information content (AvgIpc) is 3.07. The summed E-state index contributed by atoms with van der Waals surface area (Å²) in [5.41, 5.74) is 5.55. The molecule has 1 aliphatic heterocycles. The molecule has 1 saturated heterocycles. The SMILES string of the molecule is Cc1cc(C)cc(NC(=O)N2CCN(Cc3nc4cc(C(=O)NC(C)C)ccc4n3C)CC2)c1. The Hall–Kier alpha value is -3.39. The van der Waals surface area contributed by atoms with E-state index in [4.69, 9.17) is 4.98 Å². The summed E-state index contributed by atoms with van der Waals surface area (Å²) in [4.78, 5) is 34.1. The Morgan fingerprint density at radius 1 is 1.00 bits per heavy atom. The first-order valence-electron chi connectivity index (χ1n) is 11.8. The molecule has 4 rings (SSSR count).